The second-order valence-electron chi connectivity index (χ2n) is 7.29. The molecule has 146 valence electrons. The molecule has 0 radical (unpaired) electrons. The van der Waals surface area contributed by atoms with Gasteiger partial charge in [0.2, 0.25) is 0 Å². The first-order valence-electron chi connectivity index (χ1n) is 9.78. The molecular formula is C25H19BrN4. The van der Waals surface area contributed by atoms with Crippen LogP contribution in [-0.4, -0.2) is 19.9 Å². The highest BCUT2D eigenvalue weighted by molar-refractivity contribution is 9.10. The number of hydrogen-bond donors (Lipinski definition) is 1. The summed E-state index contributed by atoms with van der Waals surface area (Å²) in [4.78, 5) is 17.7. The van der Waals surface area contributed by atoms with Gasteiger partial charge in [-0.2, -0.15) is 0 Å². The van der Waals surface area contributed by atoms with Crippen molar-refractivity contribution in [2.45, 2.75) is 13.3 Å². The highest BCUT2D eigenvalue weighted by Gasteiger charge is 2.16. The van der Waals surface area contributed by atoms with Crippen LogP contribution in [0, 0.1) is 6.92 Å². The minimum absolute atomic E-state index is 0.716. The Hall–Kier alpha value is -3.31. The number of rotatable bonds is 4. The highest BCUT2D eigenvalue weighted by atomic mass is 79.9. The van der Waals surface area contributed by atoms with Crippen molar-refractivity contribution in [3.8, 4) is 22.6 Å². The molecule has 3 aromatic heterocycles. The number of nitrogens with one attached hydrogen (secondary N) is 1. The van der Waals surface area contributed by atoms with E-state index >= 15 is 0 Å². The van der Waals surface area contributed by atoms with Gasteiger partial charge in [0.25, 0.3) is 0 Å². The van der Waals surface area contributed by atoms with Crippen molar-refractivity contribution < 1.29 is 0 Å². The van der Waals surface area contributed by atoms with Crippen LogP contribution >= 0.6 is 15.9 Å². The molecule has 0 fully saturated rings. The molecule has 30 heavy (non-hydrogen) atoms. The third kappa shape index (κ3) is 3.76. The Morgan fingerprint density at radius 1 is 0.900 bits per heavy atom. The van der Waals surface area contributed by atoms with Crippen molar-refractivity contribution in [3.05, 3.63) is 101 Å². The molecule has 5 aromatic rings. The molecule has 4 nitrogen and oxygen atoms in total. The van der Waals surface area contributed by atoms with Crippen LogP contribution in [0.3, 0.4) is 0 Å². The van der Waals surface area contributed by atoms with Crippen LogP contribution in [0.1, 0.15) is 17.1 Å². The molecule has 0 spiro atoms. The molecule has 0 saturated carbocycles. The van der Waals surface area contributed by atoms with Gasteiger partial charge in [0.05, 0.1) is 22.6 Å². The predicted molar refractivity (Wildman–Crippen MR) is 124 cm³/mol. The lowest BCUT2D eigenvalue weighted by molar-refractivity contribution is 1.02. The van der Waals surface area contributed by atoms with Gasteiger partial charge in [-0.15, -0.1) is 0 Å². The highest BCUT2D eigenvalue weighted by Crippen LogP contribution is 2.31. The molecule has 0 saturated heterocycles. The van der Waals surface area contributed by atoms with Crippen molar-refractivity contribution in [2.75, 3.05) is 0 Å². The summed E-state index contributed by atoms with van der Waals surface area (Å²) >= 11 is 3.55. The molecule has 0 unspecified atom stereocenters. The fourth-order valence-corrected chi connectivity index (χ4v) is 4.09. The van der Waals surface area contributed by atoms with Gasteiger partial charge in [0.15, 0.2) is 0 Å². The maximum absolute atomic E-state index is 4.99. The van der Waals surface area contributed by atoms with E-state index in [4.69, 9.17) is 9.97 Å². The summed E-state index contributed by atoms with van der Waals surface area (Å²) in [7, 11) is 0. The van der Waals surface area contributed by atoms with Crippen LogP contribution in [0.25, 0.3) is 33.5 Å². The first-order valence-corrected chi connectivity index (χ1v) is 10.6. The van der Waals surface area contributed by atoms with E-state index in [1.165, 1.54) is 5.56 Å². The Labute approximate surface area is 183 Å². The van der Waals surface area contributed by atoms with Crippen molar-refractivity contribution in [2.24, 2.45) is 0 Å². The van der Waals surface area contributed by atoms with Crippen molar-refractivity contribution in [3.63, 3.8) is 0 Å². The zero-order chi connectivity index (χ0) is 20.5. The van der Waals surface area contributed by atoms with Gasteiger partial charge in [-0.25, -0.2) is 4.98 Å². The first-order chi connectivity index (χ1) is 14.7. The molecule has 5 rings (SSSR count). The number of aromatic nitrogens is 4. The summed E-state index contributed by atoms with van der Waals surface area (Å²) in [6, 6.07) is 24.7. The van der Waals surface area contributed by atoms with Crippen LogP contribution in [0.15, 0.2) is 83.5 Å². The van der Waals surface area contributed by atoms with E-state index in [2.05, 4.69) is 56.2 Å². The third-order valence-corrected chi connectivity index (χ3v) is 5.53. The van der Waals surface area contributed by atoms with E-state index < -0.39 is 0 Å². The van der Waals surface area contributed by atoms with Crippen molar-refractivity contribution >= 4 is 26.8 Å². The van der Waals surface area contributed by atoms with E-state index in [-0.39, 0.29) is 0 Å². The number of fused-ring (bicyclic) bond motifs is 1. The van der Waals surface area contributed by atoms with Crippen LogP contribution in [0.2, 0.25) is 0 Å². The monoisotopic (exact) mass is 454 g/mol. The Morgan fingerprint density at radius 2 is 1.80 bits per heavy atom. The van der Waals surface area contributed by atoms with E-state index in [1.807, 2.05) is 55.6 Å². The quantitative estimate of drug-likeness (QED) is 0.344. The molecule has 3 heterocycles. The SMILES string of the molecule is Cc1cccc(-c2[nH]c(Cc3cccc(Br)c3)nc2-c2ccc3ncccc3c2)n1. The average molecular weight is 455 g/mol. The molecule has 0 aliphatic rings. The average Bonchev–Trinajstić information content (AvgIpc) is 3.17. The predicted octanol–water partition coefficient (Wildman–Crippen LogP) is 6.35. The molecule has 0 bridgehead atoms. The largest absolute Gasteiger partial charge is 0.340 e. The fourth-order valence-electron chi connectivity index (χ4n) is 3.65. The summed E-state index contributed by atoms with van der Waals surface area (Å²) in [6.07, 6.45) is 2.53. The zero-order valence-electron chi connectivity index (χ0n) is 16.4. The van der Waals surface area contributed by atoms with Gasteiger partial charge >= 0.3 is 0 Å². The molecule has 0 aliphatic carbocycles. The number of benzene rings is 2. The summed E-state index contributed by atoms with van der Waals surface area (Å²) in [6.45, 7) is 2.00. The second kappa shape index (κ2) is 7.84. The maximum atomic E-state index is 4.99. The first kappa shape index (κ1) is 18.7. The fraction of sp³-hybridized carbons (Fsp3) is 0.0800. The van der Waals surface area contributed by atoms with Crippen LogP contribution in [0.5, 0.6) is 0 Å². The molecule has 0 amide bonds. The Morgan fingerprint density at radius 3 is 2.67 bits per heavy atom. The molecular weight excluding hydrogens is 436 g/mol. The third-order valence-electron chi connectivity index (χ3n) is 5.03. The lowest BCUT2D eigenvalue weighted by atomic mass is 10.1. The molecule has 0 aliphatic heterocycles. The minimum Gasteiger partial charge on any atom is -0.340 e. The van der Waals surface area contributed by atoms with E-state index in [0.717, 1.165) is 49.5 Å². The van der Waals surface area contributed by atoms with Gasteiger partial charge < -0.3 is 4.98 Å². The standard InChI is InChI=1S/C25H19BrN4/c1-16-5-2-9-22(28-16)25-24(19-10-11-21-18(15-19)7-4-12-27-21)29-23(30-25)14-17-6-3-8-20(26)13-17/h2-13,15H,14H2,1H3,(H,29,30). The van der Waals surface area contributed by atoms with Crippen molar-refractivity contribution in [1.82, 2.24) is 19.9 Å². The molecule has 2 aromatic carbocycles. The Balaban J connectivity index is 1.64. The van der Waals surface area contributed by atoms with Crippen molar-refractivity contribution in [1.29, 1.82) is 0 Å². The number of pyridine rings is 2. The number of nitrogens with zero attached hydrogens (tertiary/aromatic N) is 3. The van der Waals surface area contributed by atoms with Gasteiger partial charge in [0.1, 0.15) is 5.82 Å². The Bertz CT molecular complexity index is 1360. The van der Waals surface area contributed by atoms with Gasteiger partial charge in [0, 0.05) is 33.7 Å². The van der Waals surface area contributed by atoms with E-state index in [0.29, 0.717) is 6.42 Å². The topological polar surface area (TPSA) is 54.5 Å². The van der Waals surface area contributed by atoms with Crippen LogP contribution < -0.4 is 0 Å². The van der Waals surface area contributed by atoms with E-state index in [1.54, 1.807) is 0 Å². The van der Waals surface area contributed by atoms with Crippen LogP contribution in [0.4, 0.5) is 0 Å². The molecule has 1 N–H and O–H groups in total. The lowest BCUT2D eigenvalue weighted by Crippen LogP contribution is -1.91. The van der Waals surface area contributed by atoms with Crippen LogP contribution in [-0.2, 0) is 6.42 Å². The second-order valence-corrected chi connectivity index (χ2v) is 8.20. The number of aryl methyl sites for hydroxylation is 1. The summed E-state index contributed by atoms with van der Waals surface area (Å²) in [5.41, 5.74) is 6.92. The van der Waals surface area contributed by atoms with E-state index in [9.17, 15) is 0 Å². The number of halogens is 1. The summed E-state index contributed by atoms with van der Waals surface area (Å²) < 4.78 is 1.06. The Kier molecular flexibility index (Phi) is 4.89. The zero-order valence-corrected chi connectivity index (χ0v) is 18.0. The maximum Gasteiger partial charge on any atom is 0.111 e. The van der Waals surface area contributed by atoms with Gasteiger partial charge in [-0.3, -0.25) is 9.97 Å². The van der Waals surface area contributed by atoms with Gasteiger partial charge in [-0.05, 0) is 55.0 Å². The number of imidazole rings is 1. The number of hydrogen-bond acceptors (Lipinski definition) is 3. The van der Waals surface area contributed by atoms with Gasteiger partial charge in [-0.1, -0.05) is 46.3 Å². The smallest absolute Gasteiger partial charge is 0.111 e. The summed E-state index contributed by atoms with van der Waals surface area (Å²) in [5.74, 6) is 0.910. The molecule has 5 heteroatoms. The summed E-state index contributed by atoms with van der Waals surface area (Å²) in [5, 5.41) is 1.09. The lowest BCUT2D eigenvalue weighted by Gasteiger charge is -2.05. The number of H-pyrrole nitrogens is 1. The normalized spacial score (nSPS) is 11.1. The molecule has 0 atom stereocenters. The number of aromatic amines is 1. The minimum atomic E-state index is 0.716.